The number of carbonyl (C=O) groups excluding carboxylic acids is 4. The molecule has 0 aromatic carbocycles. The highest BCUT2D eigenvalue weighted by Gasteiger charge is 2.49. The standard InChI is InChI=1S/C59H96N2O12/c1-7-13-15-17-19-21-23-25-27-29-31-33-35-37-47-67-54(64)42-39-50(58(65)71-48-38-36-34-32-30-28-26-24-22-20-18-16-14-8-2)60-52(62)40-41-53(63)61-73-59-57(70-46-12-6)56(69-45-11-5)55(68-44-10-4)51(72-59)49-66-43-9-3/h3-6,50-51,55-57,59H,7-8,13-49H2,1-2H3,(H,60,62)(H,61,63)/t50-,51+,55+,56-,57+,59-/m0/s1. The second kappa shape index (κ2) is 48.8. The van der Waals surface area contributed by atoms with E-state index in [1.165, 1.54) is 135 Å². The van der Waals surface area contributed by atoms with Gasteiger partial charge in [-0.25, -0.2) is 15.1 Å². The topological polar surface area (TPSA) is 166 Å². The number of esters is 2. The van der Waals surface area contributed by atoms with Gasteiger partial charge in [0.15, 0.2) is 0 Å². The summed E-state index contributed by atoms with van der Waals surface area (Å²) < 4.78 is 40.4. The van der Waals surface area contributed by atoms with Crippen LogP contribution in [0.15, 0.2) is 0 Å². The Balaban J connectivity index is 2.73. The van der Waals surface area contributed by atoms with Gasteiger partial charge in [0.25, 0.3) is 0 Å². The lowest BCUT2D eigenvalue weighted by Gasteiger charge is -2.44. The van der Waals surface area contributed by atoms with E-state index in [0.29, 0.717) is 13.0 Å². The van der Waals surface area contributed by atoms with Gasteiger partial charge in [-0.05, 0) is 19.3 Å². The van der Waals surface area contributed by atoms with Crippen LogP contribution in [0.1, 0.15) is 219 Å². The molecule has 0 radical (unpaired) electrons. The van der Waals surface area contributed by atoms with Gasteiger partial charge in [-0.15, -0.1) is 25.7 Å². The van der Waals surface area contributed by atoms with Crippen LogP contribution in [0.25, 0.3) is 0 Å². The Bertz CT molecular complexity index is 1580. The molecule has 0 aromatic rings. The number of amides is 2. The molecule has 73 heavy (non-hydrogen) atoms. The highest BCUT2D eigenvalue weighted by Crippen LogP contribution is 2.29. The van der Waals surface area contributed by atoms with Crippen molar-refractivity contribution in [3.05, 3.63) is 0 Å². The smallest absolute Gasteiger partial charge is 0.328 e. The van der Waals surface area contributed by atoms with Crippen LogP contribution in [0.2, 0.25) is 0 Å². The lowest BCUT2D eigenvalue weighted by Crippen LogP contribution is -2.63. The molecule has 1 saturated heterocycles. The van der Waals surface area contributed by atoms with Crippen molar-refractivity contribution in [1.29, 1.82) is 0 Å². The van der Waals surface area contributed by atoms with Crippen LogP contribution in [0.5, 0.6) is 0 Å². The van der Waals surface area contributed by atoms with Gasteiger partial charge < -0.3 is 38.5 Å². The highest BCUT2D eigenvalue weighted by atomic mass is 16.8. The predicted molar refractivity (Wildman–Crippen MR) is 286 cm³/mol. The number of rotatable bonds is 49. The Morgan fingerprint density at radius 3 is 1.37 bits per heavy atom. The first-order valence-electron chi connectivity index (χ1n) is 28.1. The molecule has 2 N–H and O–H groups in total. The molecule has 1 rings (SSSR count). The molecule has 1 aliphatic rings. The molecule has 1 aliphatic heterocycles. The number of nitrogens with one attached hydrogen (secondary N) is 2. The van der Waals surface area contributed by atoms with Crippen LogP contribution in [0, 0.1) is 49.4 Å². The van der Waals surface area contributed by atoms with Crippen LogP contribution in [0.4, 0.5) is 0 Å². The number of terminal acetylenes is 4. The van der Waals surface area contributed by atoms with E-state index in [0.717, 1.165) is 38.5 Å². The van der Waals surface area contributed by atoms with E-state index in [2.05, 4.69) is 48.3 Å². The van der Waals surface area contributed by atoms with Crippen molar-refractivity contribution < 1.29 is 57.2 Å². The van der Waals surface area contributed by atoms with E-state index < -0.39 is 60.5 Å². The minimum atomic E-state index is -1.31. The van der Waals surface area contributed by atoms with Crippen LogP contribution in [-0.2, 0) is 57.2 Å². The zero-order chi connectivity index (χ0) is 53.3. The summed E-state index contributed by atoms with van der Waals surface area (Å²) in [5, 5.41) is 2.67. The molecule has 14 nitrogen and oxygen atoms in total. The summed E-state index contributed by atoms with van der Waals surface area (Å²) in [6.45, 7) is 4.47. The summed E-state index contributed by atoms with van der Waals surface area (Å²) >= 11 is 0. The van der Waals surface area contributed by atoms with Crippen LogP contribution in [0.3, 0.4) is 0 Å². The minimum absolute atomic E-state index is 0.0184. The Morgan fingerprint density at radius 1 is 0.493 bits per heavy atom. The first kappa shape index (κ1) is 66.9. The molecule has 414 valence electrons. The van der Waals surface area contributed by atoms with Crippen molar-refractivity contribution in [3.63, 3.8) is 0 Å². The van der Waals surface area contributed by atoms with Gasteiger partial charge in [-0.2, -0.15) is 0 Å². The van der Waals surface area contributed by atoms with Crippen LogP contribution in [-0.4, -0.2) is 107 Å². The van der Waals surface area contributed by atoms with Crippen molar-refractivity contribution >= 4 is 23.8 Å². The molecule has 6 atom stereocenters. The molecule has 2 amide bonds. The van der Waals surface area contributed by atoms with Gasteiger partial charge in [0.1, 0.15) is 56.9 Å². The molecular formula is C59H96N2O12. The van der Waals surface area contributed by atoms with Crippen molar-refractivity contribution in [3.8, 4) is 49.4 Å². The number of unbranched alkanes of at least 4 members (excludes halogenated alkanes) is 26. The first-order valence-corrected chi connectivity index (χ1v) is 28.1. The molecule has 14 heteroatoms. The van der Waals surface area contributed by atoms with E-state index >= 15 is 0 Å². The molecule has 0 saturated carbocycles. The maximum Gasteiger partial charge on any atom is 0.328 e. The van der Waals surface area contributed by atoms with E-state index in [9.17, 15) is 19.2 Å². The zero-order valence-electron chi connectivity index (χ0n) is 45.2. The lowest BCUT2D eigenvalue weighted by molar-refractivity contribution is -0.329. The van der Waals surface area contributed by atoms with Gasteiger partial charge in [-0.3, -0.25) is 14.4 Å². The summed E-state index contributed by atoms with van der Waals surface area (Å²) in [5.41, 5.74) is 2.31. The third kappa shape index (κ3) is 36.5. The highest BCUT2D eigenvalue weighted by molar-refractivity contribution is 5.87. The minimum Gasteiger partial charge on any atom is -0.466 e. The third-order valence-corrected chi connectivity index (χ3v) is 12.8. The van der Waals surface area contributed by atoms with Crippen molar-refractivity contribution in [2.45, 2.75) is 256 Å². The normalized spacial score (nSPS) is 17.6. The fourth-order valence-corrected chi connectivity index (χ4v) is 8.65. The summed E-state index contributed by atoms with van der Waals surface area (Å²) in [6, 6.07) is -1.12. The Morgan fingerprint density at radius 2 is 0.904 bits per heavy atom. The summed E-state index contributed by atoms with van der Waals surface area (Å²) in [5.74, 6) is 7.19. The van der Waals surface area contributed by atoms with E-state index in [-0.39, 0.29) is 65.3 Å². The quantitative estimate of drug-likeness (QED) is 0.0257. The number of ether oxygens (including phenoxy) is 7. The monoisotopic (exact) mass is 1020 g/mol. The maximum atomic E-state index is 13.4. The lowest BCUT2D eigenvalue weighted by atomic mass is 9.98. The fourth-order valence-electron chi connectivity index (χ4n) is 8.65. The van der Waals surface area contributed by atoms with E-state index in [1.54, 1.807) is 0 Å². The summed E-state index contributed by atoms with van der Waals surface area (Å²) in [7, 11) is 0. The Labute approximate surface area is 442 Å². The predicted octanol–water partition coefficient (Wildman–Crippen LogP) is 10.6. The van der Waals surface area contributed by atoms with Gasteiger partial charge in [0.2, 0.25) is 18.1 Å². The third-order valence-electron chi connectivity index (χ3n) is 12.8. The molecule has 0 unspecified atom stereocenters. The van der Waals surface area contributed by atoms with Crippen LogP contribution < -0.4 is 10.8 Å². The van der Waals surface area contributed by atoms with Gasteiger partial charge in [0, 0.05) is 19.3 Å². The summed E-state index contributed by atoms with van der Waals surface area (Å²) in [6.07, 6.45) is 50.1. The molecule has 0 bridgehead atoms. The SMILES string of the molecule is C#CCOC[C@H]1O[C@@H](ONC(=O)CCC(=O)N[C@@H](CCC(=O)OCCCCCCCCCCCCCCCC)C(=O)OCCCCCCCCCCCCCCCC)[C@H](OCC#C)[C@@H](OCC#C)[C@@H]1OCC#C. The zero-order valence-corrected chi connectivity index (χ0v) is 45.2. The van der Waals surface area contributed by atoms with Crippen LogP contribution >= 0.6 is 0 Å². The van der Waals surface area contributed by atoms with Gasteiger partial charge in [0.05, 0.1) is 19.8 Å². The average molecular weight is 1030 g/mol. The average Bonchev–Trinajstić information content (AvgIpc) is 3.39. The first-order chi connectivity index (χ1) is 35.8. The fraction of sp³-hybridized carbons (Fsp3) is 0.797. The molecule has 0 spiro atoms. The molecule has 0 aliphatic carbocycles. The van der Waals surface area contributed by atoms with Crippen molar-refractivity contribution in [1.82, 2.24) is 10.8 Å². The molecular weight excluding hydrogens is 929 g/mol. The largest absolute Gasteiger partial charge is 0.466 e. The number of carbonyl (C=O) groups is 4. The number of hydroxylamine groups is 1. The Hall–Kier alpha value is -4.12. The second-order valence-corrected chi connectivity index (χ2v) is 19.1. The van der Waals surface area contributed by atoms with E-state index in [4.69, 9.17) is 63.7 Å². The van der Waals surface area contributed by atoms with Crippen molar-refractivity contribution in [2.75, 3.05) is 46.2 Å². The maximum absolute atomic E-state index is 13.4. The summed E-state index contributed by atoms with van der Waals surface area (Å²) in [4.78, 5) is 58.2. The van der Waals surface area contributed by atoms with E-state index in [1.807, 2.05) is 0 Å². The van der Waals surface area contributed by atoms with Crippen molar-refractivity contribution in [2.24, 2.45) is 0 Å². The molecule has 1 fully saturated rings. The second-order valence-electron chi connectivity index (χ2n) is 19.1. The molecule has 0 aromatic heterocycles. The molecule has 1 heterocycles. The number of hydrogen-bond acceptors (Lipinski definition) is 12. The Kier molecular flexibility index (Phi) is 44.7. The van der Waals surface area contributed by atoms with Gasteiger partial charge >= 0.3 is 11.9 Å². The van der Waals surface area contributed by atoms with Gasteiger partial charge in [-0.1, -0.05) is 204 Å². The number of hydrogen-bond donors (Lipinski definition) is 2.